The fraction of sp³-hybridized carbons (Fsp3) is 0.111. The number of nitrogens with one attached hydrogen (secondary N) is 1. The molecule has 0 radical (unpaired) electrons. The van der Waals surface area contributed by atoms with Crippen LogP contribution in [0.15, 0.2) is 54.6 Å². The SMILES string of the molecule is CC(=O)Nc1ccc(C(=S)OCC(=O)O)cc1.O=C(S)c1ccccc1. The number of rotatable bonds is 5. The summed E-state index contributed by atoms with van der Waals surface area (Å²) in [6.07, 6.45) is 0. The van der Waals surface area contributed by atoms with Gasteiger partial charge in [0, 0.05) is 23.7 Å². The number of carboxylic acid groups (broad SMARTS) is 1. The van der Waals surface area contributed by atoms with E-state index >= 15 is 0 Å². The first-order valence-electron chi connectivity index (χ1n) is 7.34. The minimum atomic E-state index is -1.08. The van der Waals surface area contributed by atoms with E-state index < -0.39 is 12.6 Å². The third-order valence-corrected chi connectivity index (χ3v) is 3.40. The molecule has 136 valence electrons. The molecule has 0 aromatic heterocycles. The highest BCUT2D eigenvalue weighted by Crippen LogP contribution is 2.11. The molecule has 0 aliphatic rings. The third-order valence-electron chi connectivity index (χ3n) is 2.79. The summed E-state index contributed by atoms with van der Waals surface area (Å²) < 4.78 is 4.86. The first kappa shape index (κ1) is 21.3. The lowest BCUT2D eigenvalue weighted by Crippen LogP contribution is -2.12. The molecular formula is C18H17NO5S2. The highest BCUT2D eigenvalue weighted by atomic mass is 32.1. The second kappa shape index (κ2) is 11.0. The Morgan fingerprint density at radius 1 is 1.04 bits per heavy atom. The number of carbonyl (C=O) groups excluding carboxylic acids is 2. The molecule has 2 aromatic rings. The van der Waals surface area contributed by atoms with Gasteiger partial charge in [-0.05, 0) is 36.5 Å². The molecule has 8 heteroatoms. The van der Waals surface area contributed by atoms with Gasteiger partial charge in [0.2, 0.25) is 11.0 Å². The summed E-state index contributed by atoms with van der Waals surface area (Å²) in [6, 6.07) is 15.6. The Kier molecular flexibility index (Phi) is 9.04. The number of carbonyl (C=O) groups is 3. The molecule has 0 atom stereocenters. The summed E-state index contributed by atoms with van der Waals surface area (Å²) in [7, 11) is 0. The van der Waals surface area contributed by atoms with Crippen LogP contribution in [-0.4, -0.2) is 33.8 Å². The largest absolute Gasteiger partial charge is 0.479 e. The predicted molar refractivity (Wildman–Crippen MR) is 106 cm³/mol. The van der Waals surface area contributed by atoms with Gasteiger partial charge < -0.3 is 15.2 Å². The molecule has 0 aliphatic heterocycles. The van der Waals surface area contributed by atoms with E-state index in [1.165, 1.54) is 6.92 Å². The van der Waals surface area contributed by atoms with Crippen molar-refractivity contribution in [1.29, 1.82) is 0 Å². The van der Waals surface area contributed by atoms with Crippen molar-refractivity contribution in [2.24, 2.45) is 0 Å². The number of thiocarbonyl (C=S) groups is 1. The Bertz CT molecular complexity index is 776. The van der Waals surface area contributed by atoms with Crippen molar-refractivity contribution in [2.45, 2.75) is 6.92 Å². The van der Waals surface area contributed by atoms with Gasteiger partial charge in [-0.1, -0.05) is 30.3 Å². The number of benzene rings is 2. The van der Waals surface area contributed by atoms with Crippen molar-refractivity contribution in [3.8, 4) is 0 Å². The molecule has 0 saturated carbocycles. The zero-order valence-electron chi connectivity index (χ0n) is 13.8. The van der Waals surface area contributed by atoms with Crippen LogP contribution in [0.5, 0.6) is 0 Å². The molecule has 0 bridgehead atoms. The molecule has 6 nitrogen and oxygen atoms in total. The van der Waals surface area contributed by atoms with Gasteiger partial charge in [-0.2, -0.15) is 0 Å². The van der Waals surface area contributed by atoms with Gasteiger partial charge in [0.25, 0.3) is 0 Å². The Morgan fingerprint density at radius 3 is 2.04 bits per heavy atom. The Balaban J connectivity index is 0.000000314. The number of hydrogen-bond donors (Lipinski definition) is 3. The Morgan fingerprint density at radius 2 is 1.62 bits per heavy atom. The molecular weight excluding hydrogens is 374 g/mol. The van der Waals surface area contributed by atoms with E-state index in [1.54, 1.807) is 36.4 Å². The molecule has 0 unspecified atom stereocenters. The number of anilines is 1. The average Bonchev–Trinajstić information content (AvgIpc) is 2.61. The van der Waals surface area contributed by atoms with E-state index in [2.05, 4.69) is 17.9 Å². The topological polar surface area (TPSA) is 92.7 Å². The standard InChI is InChI=1S/C11H11NO4S.C7H6OS/c1-7(13)12-9-4-2-8(3-5-9)11(17)16-6-10(14)15;8-7(9)6-4-2-1-3-5-6/h2-5H,6H2,1H3,(H,12,13)(H,14,15);1-5H,(H,8,9). The van der Waals surface area contributed by atoms with Crippen LogP contribution in [-0.2, 0) is 14.3 Å². The molecule has 1 amide bonds. The maximum Gasteiger partial charge on any atom is 0.341 e. The van der Waals surface area contributed by atoms with E-state index in [0.717, 1.165) is 0 Å². The van der Waals surface area contributed by atoms with Crippen LogP contribution < -0.4 is 5.32 Å². The lowest BCUT2D eigenvalue weighted by Gasteiger charge is -2.06. The first-order valence-corrected chi connectivity index (χ1v) is 8.20. The molecule has 0 saturated heterocycles. The lowest BCUT2D eigenvalue weighted by atomic mass is 10.2. The number of hydrogen-bond acceptors (Lipinski definition) is 5. The van der Waals surface area contributed by atoms with E-state index in [1.807, 2.05) is 18.2 Å². The Labute approximate surface area is 161 Å². The zero-order chi connectivity index (χ0) is 19.5. The van der Waals surface area contributed by atoms with Crippen molar-refractivity contribution >= 4 is 52.6 Å². The van der Waals surface area contributed by atoms with Gasteiger partial charge in [0.05, 0.1) is 0 Å². The molecule has 2 aromatic carbocycles. The molecule has 26 heavy (non-hydrogen) atoms. The summed E-state index contributed by atoms with van der Waals surface area (Å²) in [5.41, 5.74) is 1.87. The number of carboxylic acids is 1. The highest BCUT2D eigenvalue weighted by molar-refractivity contribution is 7.97. The summed E-state index contributed by atoms with van der Waals surface area (Å²) in [5.74, 6) is -1.25. The van der Waals surface area contributed by atoms with Crippen molar-refractivity contribution in [3.63, 3.8) is 0 Å². The zero-order valence-corrected chi connectivity index (χ0v) is 15.5. The van der Waals surface area contributed by atoms with Crippen LogP contribution in [0, 0.1) is 0 Å². The van der Waals surface area contributed by atoms with Gasteiger partial charge in [0.15, 0.2) is 11.7 Å². The van der Waals surface area contributed by atoms with Crippen LogP contribution in [0.3, 0.4) is 0 Å². The number of ether oxygens (including phenoxy) is 1. The van der Waals surface area contributed by atoms with Crippen molar-refractivity contribution < 1.29 is 24.2 Å². The first-order chi connectivity index (χ1) is 12.3. The fourth-order valence-electron chi connectivity index (χ4n) is 1.68. The summed E-state index contributed by atoms with van der Waals surface area (Å²) in [5, 5.41) is 11.0. The van der Waals surface area contributed by atoms with Gasteiger partial charge >= 0.3 is 5.97 Å². The van der Waals surface area contributed by atoms with Gasteiger partial charge in [-0.25, -0.2) is 4.79 Å². The summed E-state index contributed by atoms with van der Waals surface area (Å²) >= 11 is 8.55. The average molecular weight is 391 g/mol. The number of thiol groups is 1. The van der Waals surface area contributed by atoms with Crippen LogP contribution >= 0.6 is 24.8 Å². The normalized spacial score (nSPS) is 9.31. The van der Waals surface area contributed by atoms with Crippen LogP contribution in [0.4, 0.5) is 5.69 Å². The molecule has 0 fully saturated rings. The maximum atomic E-state index is 10.8. The van der Waals surface area contributed by atoms with Crippen LogP contribution in [0.2, 0.25) is 0 Å². The molecule has 0 spiro atoms. The van der Waals surface area contributed by atoms with Crippen molar-refractivity contribution in [3.05, 3.63) is 65.7 Å². The monoisotopic (exact) mass is 391 g/mol. The second-order valence-corrected chi connectivity index (χ2v) is 5.68. The van der Waals surface area contributed by atoms with Crippen molar-refractivity contribution in [2.75, 3.05) is 11.9 Å². The van der Waals surface area contributed by atoms with Gasteiger partial charge in [-0.15, -0.1) is 12.6 Å². The molecule has 2 rings (SSSR count). The Hall–Kier alpha value is -2.71. The quantitative estimate of drug-likeness (QED) is 0.536. The molecule has 0 heterocycles. The van der Waals surface area contributed by atoms with E-state index in [-0.39, 0.29) is 16.1 Å². The van der Waals surface area contributed by atoms with Crippen LogP contribution in [0.1, 0.15) is 22.8 Å². The fourth-order valence-corrected chi connectivity index (χ4v) is 2.03. The summed E-state index contributed by atoms with van der Waals surface area (Å²) in [4.78, 5) is 31.6. The van der Waals surface area contributed by atoms with Crippen molar-refractivity contribution in [1.82, 2.24) is 0 Å². The van der Waals surface area contributed by atoms with Crippen LogP contribution in [0.25, 0.3) is 0 Å². The predicted octanol–water partition coefficient (Wildman–Crippen LogP) is 3.18. The van der Waals surface area contributed by atoms with E-state index in [0.29, 0.717) is 16.8 Å². The minimum Gasteiger partial charge on any atom is -0.479 e. The second-order valence-electron chi connectivity index (χ2n) is 4.90. The van der Waals surface area contributed by atoms with E-state index in [4.69, 9.17) is 22.1 Å². The maximum absolute atomic E-state index is 10.8. The van der Waals surface area contributed by atoms with Gasteiger partial charge in [0.1, 0.15) is 0 Å². The minimum absolute atomic E-state index is 0.113. The summed E-state index contributed by atoms with van der Waals surface area (Å²) in [6.45, 7) is 0.945. The highest BCUT2D eigenvalue weighted by Gasteiger charge is 2.05. The lowest BCUT2D eigenvalue weighted by molar-refractivity contribution is -0.139. The van der Waals surface area contributed by atoms with Gasteiger partial charge in [-0.3, -0.25) is 9.59 Å². The molecule has 0 aliphatic carbocycles. The number of amides is 1. The van der Waals surface area contributed by atoms with E-state index in [9.17, 15) is 14.4 Å². The smallest absolute Gasteiger partial charge is 0.341 e. The number of aliphatic carboxylic acids is 1. The third kappa shape index (κ3) is 8.41. The molecule has 2 N–H and O–H groups in total.